The average molecular weight is 399 g/mol. The van der Waals surface area contributed by atoms with Crippen LogP contribution in [0.15, 0.2) is 0 Å². The zero-order chi connectivity index (χ0) is 21.0. The van der Waals surface area contributed by atoms with Crippen molar-refractivity contribution in [3.63, 3.8) is 0 Å². The fourth-order valence-corrected chi connectivity index (χ4v) is 3.37. The molecule has 0 radical (unpaired) electrons. The summed E-state index contributed by atoms with van der Waals surface area (Å²) in [5.74, 6) is -0.292. The Morgan fingerprint density at radius 3 is 1.43 bits per heavy atom. The Morgan fingerprint density at radius 1 is 0.536 bits per heavy atom. The predicted molar refractivity (Wildman–Crippen MR) is 116 cm³/mol. The van der Waals surface area contributed by atoms with Gasteiger partial charge in [-0.3, -0.25) is 9.59 Å². The summed E-state index contributed by atoms with van der Waals surface area (Å²) < 4.78 is 11.6. The van der Waals surface area contributed by atoms with Gasteiger partial charge in [0, 0.05) is 12.8 Å². The van der Waals surface area contributed by atoms with Crippen molar-refractivity contribution in [2.75, 3.05) is 0 Å². The first-order valence-electron chi connectivity index (χ1n) is 12.0. The molecule has 0 fully saturated rings. The van der Waals surface area contributed by atoms with Crippen molar-refractivity contribution in [1.29, 1.82) is 0 Å². The lowest BCUT2D eigenvalue weighted by Gasteiger charge is -2.27. The van der Waals surface area contributed by atoms with Crippen molar-refractivity contribution in [2.24, 2.45) is 0 Å². The average Bonchev–Trinajstić information content (AvgIpc) is 2.67. The molecule has 166 valence electrons. The lowest BCUT2D eigenvalue weighted by molar-refractivity contribution is -0.169. The summed E-state index contributed by atoms with van der Waals surface area (Å²) >= 11 is 0. The summed E-state index contributed by atoms with van der Waals surface area (Å²) in [7, 11) is 0. The third-order valence-electron chi connectivity index (χ3n) is 5.11. The van der Waals surface area contributed by atoms with Gasteiger partial charge in [-0.15, -0.1) is 0 Å². The minimum atomic E-state index is -0.305. The number of unbranched alkanes of at least 4 members (excludes halogenated alkanes) is 8. The van der Waals surface area contributed by atoms with Crippen LogP contribution in [-0.2, 0) is 19.1 Å². The molecule has 0 aromatic heterocycles. The van der Waals surface area contributed by atoms with E-state index in [1.54, 1.807) is 0 Å². The fourth-order valence-electron chi connectivity index (χ4n) is 3.37. The molecule has 0 saturated heterocycles. The van der Waals surface area contributed by atoms with E-state index in [1.165, 1.54) is 19.3 Å². The van der Waals surface area contributed by atoms with Gasteiger partial charge in [0.15, 0.2) is 0 Å². The second-order valence-corrected chi connectivity index (χ2v) is 7.96. The van der Waals surface area contributed by atoms with Crippen LogP contribution in [0.1, 0.15) is 130 Å². The Bertz CT molecular complexity index is 381. The van der Waals surface area contributed by atoms with Gasteiger partial charge < -0.3 is 9.47 Å². The van der Waals surface area contributed by atoms with E-state index >= 15 is 0 Å². The van der Waals surface area contributed by atoms with Crippen molar-refractivity contribution in [3.8, 4) is 0 Å². The minimum absolute atomic E-state index is 0.143. The van der Waals surface area contributed by atoms with Gasteiger partial charge in [-0.25, -0.2) is 0 Å². The van der Waals surface area contributed by atoms with E-state index in [0.717, 1.165) is 70.6 Å². The third kappa shape index (κ3) is 14.9. The van der Waals surface area contributed by atoms with Crippen molar-refractivity contribution < 1.29 is 19.1 Å². The molecular formula is C24H46O4. The van der Waals surface area contributed by atoms with Gasteiger partial charge in [0.25, 0.3) is 0 Å². The quantitative estimate of drug-likeness (QED) is 0.171. The Kier molecular flexibility index (Phi) is 18.5. The van der Waals surface area contributed by atoms with Crippen LogP contribution in [0, 0.1) is 0 Å². The third-order valence-corrected chi connectivity index (χ3v) is 5.11. The van der Waals surface area contributed by atoms with E-state index in [0.29, 0.717) is 12.8 Å². The molecule has 0 rings (SSSR count). The highest BCUT2D eigenvalue weighted by molar-refractivity contribution is 5.70. The van der Waals surface area contributed by atoms with E-state index in [4.69, 9.17) is 9.47 Å². The zero-order valence-corrected chi connectivity index (χ0v) is 19.1. The van der Waals surface area contributed by atoms with Gasteiger partial charge in [-0.1, -0.05) is 85.5 Å². The second-order valence-electron chi connectivity index (χ2n) is 7.96. The molecule has 0 aliphatic heterocycles. The summed E-state index contributed by atoms with van der Waals surface area (Å²) in [6.07, 6.45) is 14.6. The monoisotopic (exact) mass is 398 g/mol. The Morgan fingerprint density at radius 2 is 0.964 bits per heavy atom. The lowest BCUT2D eigenvalue weighted by Crippen LogP contribution is -2.35. The summed E-state index contributed by atoms with van der Waals surface area (Å²) in [4.78, 5) is 24.6. The molecule has 0 aromatic rings. The van der Waals surface area contributed by atoms with Crippen molar-refractivity contribution in [1.82, 2.24) is 0 Å². The van der Waals surface area contributed by atoms with Crippen LogP contribution < -0.4 is 0 Å². The van der Waals surface area contributed by atoms with Crippen molar-refractivity contribution in [2.45, 2.75) is 143 Å². The van der Waals surface area contributed by atoms with Crippen LogP contribution in [-0.4, -0.2) is 24.1 Å². The maximum Gasteiger partial charge on any atom is 0.306 e. The number of carbonyl (C=O) groups excluding carboxylic acids is 2. The normalized spacial score (nSPS) is 13.1. The van der Waals surface area contributed by atoms with E-state index in [1.807, 2.05) is 0 Å². The van der Waals surface area contributed by atoms with Crippen LogP contribution in [0.4, 0.5) is 0 Å². The largest absolute Gasteiger partial charge is 0.458 e. The van der Waals surface area contributed by atoms with Gasteiger partial charge in [0.1, 0.15) is 12.2 Å². The molecule has 28 heavy (non-hydrogen) atoms. The highest BCUT2D eigenvalue weighted by atomic mass is 16.6. The van der Waals surface area contributed by atoms with Gasteiger partial charge >= 0.3 is 11.9 Å². The molecule has 0 bridgehead atoms. The van der Waals surface area contributed by atoms with E-state index < -0.39 is 0 Å². The predicted octanol–water partition coefficient (Wildman–Crippen LogP) is 7.13. The van der Waals surface area contributed by atoms with Crippen LogP contribution in [0.3, 0.4) is 0 Å². The summed E-state index contributed by atoms with van der Waals surface area (Å²) in [5.41, 5.74) is 0. The molecule has 2 atom stereocenters. The highest BCUT2D eigenvalue weighted by Gasteiger charge is 2.27. The maximum absolute atomic E-state index is 12.3. The number of ether oxygens (including phenoxy) is 2. The molecule has 0 heterocycles. The lowest BCUT2D eigenvalue weighted by atomic mass is 10.0. The fraction of sp³-hybridized carbons (Fsp3) is 0.917. The van der Waals surface area contributed by atoms with Crippen LogP contribution in [0.5, 0.6) is 0 Å². The Balaban J connectivity index is 4.77. The summed E-state index contributed by atoms with van der Waals surface area (Å²) in [5, 5.41) is 0. The first-order valence-corrected chi connectivity index (χ1v) is 12.0. The first kappa shape index (κ1) is 26.9. The highest BCUT2D eigenvalue weighted by Crippen LogP contribution is 2.20. The Hall–Kier alpha value is -1.06. The second kappa shape index (κ2) is 19.3. The number of carbonyl (C=O) groups is 2. The van der Waals surface area contributed by atoms with Gasteiger partial charge in [-0.05, 0) is 32.1 Å². The van der Waals surface area contributed by atoms with E-state index in [9.17, 15) is 9.59 Å². The van der Waals surface area contributed by atoms with E-state index in [-0.39, 0.29) is 24.1 Å². The summed E-state index contributed by atoms with van der Waals surface area (Å²) in [6.45, 7) is 8.53. The first-order chi connectivity index (χ1) is 13.6. The van der Waals surface area contributed by atoms with Crippen molar-refractivity contribution in [3.05, 3.63) is 0 Å². The molecule has 4 heteroatoms. The molecule has 0 aromatic carbocycles. The van der Waals surface area contributed by atoms with Crippen LogP contribution in [0.25, 0.3) is 0 Å². The van der Waals surface area contributed by atoms with Gasteiger partial charge in [0.2, 0.25) is 0 Å². The smallest absolute Gasteiger partial charge is 0.306 e. The molecule has 0 aliphatic carbocycles. The standard InChI is InChI=1S/C24H46O4/c1-5-9-12-13-16-18-22(28-24(26)20-15-11-7-3)21(17-8-4)27-23(25)19-14-10-6-2/h21-22H,5-20H2,1-4H3. The molecule has 2 unspecified atom stereocenters. The van der Waals surface area contributed by atoms with Gasteiger partial charge in [0.05, 0.1) is 0 Å². The molecule has 0 N–H and O–H groups in total. The Labute approximate surface area is 174 Å². The van der Waals surface area contributed by atoms with Gasteiger partial charge in [-0.2, -0.15) is 0 Å². The molecule has 0 saturated carbocycles. The SMILES string of the molecule is CCCCCCCC(OC(=O)CCCCC)C(CCC)OC(=O)CCCCC. The van der Waals surface area contributed by atoms with Crippen LogP contribution in [0.2, 0.25) is 0 Å². The number of hydrogen-bond donors (Lipinski definition) is 0. The molecule has 0 aliphatic rings. The molecule has 0 amide bonds. The number of hydrogen-bond acceptors (Lipinski definition) is 4. The zero-order valence-electron chi connectivity index (χ0n) is 19.1. The maximum atomic E-state index is 12.3. The van der Waals surface area contributed by atoms with Crippen molar-refractivity contribution >= 4 is 11.9 Å². The van der Waals surface area contributed by atoms with Crippen LogP contribution >= 0.6 is 0 Å². The molecule has 4 nitrogen and oxygen atoms in total. The molecule has 0 spiro atoms. The number of rotatable bonds is 19. The minimum Gasteiger partial charge on any atom is -0.458 e. The van der Waals surface area contributed by atoms with E-state index in [2.05, 4.69) is 27.7 Å². The summed E-state index contributed by atoms with van der Waals surface area (Å²) in [6, 6.07) is 0. The number of esters is 2. The molecular weight excluding hydrogens is 352 g/mol. The topological polar surface area (TPSA) is 52.6 Å².